The van der Waals surface area contributed by atoms with E-state index in [2.05, 4.69) is 35.9 Å². The van der Waals surface area contributed by atoms with Gasteiger partial charge in [0.1, 0.15) is 41.4 Å². The number of fused-ring (bicyclic) bond motifs is 1. The number of hydrogen-bond donors (Lipinski definition) is 2. The summed E-state index contributed by atoms with van der Waals surface area (Å²) >= 11 is 0. The number of carbonyl (C=O) groups excluding carboxylic acids is 3. The van der Waals surface area contributed by atoms with Crippen molar-refractivity contribution in [2.24, 2.45) is 11.8 Å². The summed E-state index contributed by atoms with van der Waals surface area (Å²) in [7, 11) is -4.42. The van der Waals surface area contributed by atoms with Gasteiger partial charge in [-0.1, -0.05) is 67.0 Å². The standard InChI is InChI=1S/C39H56N5O10P/c1-23(2)35(45)51-32-30(53-39(9,33(32)52-36(46)24(3)4)31-20-19-29-34(40)41-22-42-44(29)31)21-49-55(48,54-28-17-15-26(16-18-28)38(6,7)8)43-25(5)37(47)50-27-13-11-10-12-14-27/h15-20,22-25,27,30,32-33H,10-14,21H2,1-9H3,(H,43,48)(H2,40,41,42)/t25-,30+,32+,33+,39-,55?/m0/s1. The minimum absolute atomic E-state index is 0.151. The Hall–Kier alpha value is -4.04. The number of anilines is 1. The Morgan fingerprint density at radius 2 is 1.58 bits per heavy atom. The largest absolute Gasteiger partial charge is 0.461 e. The van der Waals surface area contributed by atoms with Gasteiger partial charge in [0.05, 0.1) is 24.1 Å². The number of nitrogens with one attached hydrogen (secondary N) is 1. The molecule has 2 aromatic heterocycles. The minimum Gasteiger partial charge on any atom is -0.461 e. The molecule has 16 heteroatoms. The lowest BCUT2D eigenvalue weighted by atomic mass is 9.87. The van der Waals surface area contributed by atoms with E-state index in [0.717, 1.165) is 37.7 Å². The predicted octanol–water partition coefficient (Wildman–Crippen LogP) is 6.42. The Morgan fingerprint density at radius 1 is 0.945 bits per heavy atom. The number of nitrogens with zero attached hydrogens (tertiary/aromatic N) is 3. The van der Waals surface area contributed by atoms with Gasteiger partial charge in [-0.05, 0) is 74.8 Å². The molecule has 0 spiro atoms. The quantitative estimate of drug-likeness (QED) is 0.103. The number of nitrogen functional groups attached to an aromatic ring is 1. The maximum absolute atomic E-state index is 14.8. The molecule has 0 radical (unpaired) electrons. The van der Waals surface area contributed by atoms with E-state index in [1.54, 1.807) is 58.9 Å². The van der Waals surface area contributed by atoms with Gasteiger partial charge in [-0.3, -0.25) is 18.9 Å². The molecule has 3 N–H and O–H groups in total. The normalized spacial score (nSPS) is 23.7. The molecule has 1 saturated carbocycles. The van der Waals surface area contributed by atoms with Crippen LogP contribution in [-0.4, -0.2) is 69.6 Å². The monoisotopic (exact) mass is 785 g/mol. The van der Waals surface area contributed by atoms with Crippen LogP contribution in [0.5, 0.6) is 5.75 Å². The van der Waals surface area contributed by atoms with Crippen molar-refractivity contribution < 1.29 is 46.9 Å². The molecule has 0 bridgehead atoms. The molecule has 1 unspecified atom stereocenters. The van der Waals surface area contributed by atoms with E-state index in [-0.39, 0.29) is 23.1 Å². The van der Waals surface area contributed by atoms with Gasteiger partial charge < -0.3 is 29.2 Å². The van der Waals surface area contributed by atoms with E-state index < -0.39 is 74.1 Å². The highest BCUT2D eigenvalue weighted by Crippen LogP contribution is 2.49. The van der Waals surface area contributed by atoms with Crippen LogP contribution in [0.1, 0.15) is 106 Å². The van der Waals surface area contributed by atoms with Crippen LogP contribution >= 0.6 is 7.75 Å². The molecule has 302 valence electrons. The summed E-state index contributed by atoms with van der Waals surface area (Å²) < 4.78 is 53.0. The summed E-state index contributed by atoms with van der Waals surface area (Å²) in [5, 5.41) is 7.14. The second kappa shape index (κ2) is 17.0. The van der Waals surface area contributed by atoms with Gasteiger partial charge >= 0.3 is 25.7 Å². The Morgan fingerprint density at radius 3 is 2.20 bits per heavy atom. The number of aromatic nitrogens is 3. The van der Waals surface area contributed by atoms with Crippen molar-refractivity contribution in [1.82, 2.24) is 19.7 Å². The van der Waals surface area contributed by atoms with E-state index in [9.17, 15) is 18.9 Å². The zero-order valence-electron chi connectivity index (χ0n) is 33.3. The Balaban J connectivity index is 1.50. The van der Waals surface area contributed by atoms with Crippen LogP contribution in [0.25, 0.3) is 5.52 Å². The lowest BCUT2D eigenvalue weighted by Crippen LogP contribution is -2.46. The van der Waals surface area contributed by atoms with Crippen molar-refractivity contribution in [2.75, 3.05) is 12.3 Å². The molecule has 1 saturated heterocycles. The van der Waals surface area contributed by atoms with E-state index >= 15 is 0 Å². The van der Waals surface area contributed by atoms with Gasteiger partial charge in [-0.2, -0.15) is 10.2 Å². The molecule has 1 aromatic carbocycles. The van der Waals surface area contributed by atoms with E-state index in [1.807, 2.05) is 12.1 Å². The van der Waals surface area contributed by atoms with Crippen LogP contribution in [-0.2, 0) is 53.4 Å². The van der Waals surface area contributed by atoms with Crippen LogP contribution in [0.3, 0.4) is 0 Å². The highest BCUT2D eigenvalue weighted by molar-refractivity contribution is 7.52. The molecule has 15 nitrogen and oxygen atoms in total. The Kier molecular flexibility index (Phi) is 13.0. The summed E-state index contributed by atoms with van der Waals surface area (Å²) in [5.74, 6) is -2.43. The van der Waals surface area contributed by atoms with Gasteiger partial charge in [0.25, 0.3) is 0 Å². The van der Waals surface area contributed by atoms with Crippen molar-refractivity contribution in [2.45, 2.75) is 136 Å². The van der Waals surface area contributed by atoms with Crippen molar-refractivity contribution >= 4 is 37.0 Å². The van der Waals surface area contributed by atoms with E-state index in [0.29, 0.717) is 11.2 Å². The fraction of sp³-hybridized carbons (Fsp3) is 0.615. The van der Waals surface area contributed by atoms with Crippen LogP contribution in [0.4, 0.5) is 5.82 Å². The SMILES string of the molecule is CC(C)C(=O)O[C@H]1[C@@H](OC(=O)C(C)C)[C@](C)(c2ccc3c(N)ncnn23)O[C@@H]1COP(=O)(N[C@@H](C)C(=O)OC1CCCCC1)Oc1ccc(C(C)(C)C)cc1. The first-order valence-electron chi connectivity index (χ1n) is 19.0. The first kappa shape index (κ1) is 42.1. The molecule has 3 heterocycles. The molecule has 6 atom stereocenters. The van der Waals surface area contributed by atoms with Gasteiger partial charge in [0.2, 0.25) is 0 Å². The number of carbonyl (C=O) groups is 3. The first-order valence-corrected chi connectivity index (χ1v) is 20.6. The van der Waals surface area contributed by atoms with Crippen molar-refractivity contribution in [3.8, 4) is 5.75 Å². The van der Waals surface area contributed by atoms with Crippen LogP contribution < -0.4 is 15.3 Å². The molecule has 3 aromatic rings. The first-order chi connectivity index (χ1) is 25.8. The lowest BCUT2D eigenvalue weighted by molar-refractivity contribution is -0.175. The molecule has 5 rings (SSSR count). The maximum Gasteiger partial charge on any atom is 0.459 e. The summed E-state index contributed by atoms with van der Waals surface area (Å²) in [5.41, 5.74) is 6.40. The molecular weight excluding hydrogens is 729 g/mol. The smallest absolute Gasteiger partial charge is 0.459 e. The maximum atomic E-state index is 14.8. The van der Waals surface area contributed by atoms with Crippen LogP contribution in [0.15, 0.2) is 42.7 Å². The summed E-state index contributed by atoms with van der Waals surface area (Å²) in [6.45, 7) is 15.6. The number of benzene rings is 1. The number of rotatable bonds is 14. The van der Waals surface area contributed by atoms with Gasteiger partial charge in [-0.15, -0.1) is 0 Å². The van der Waals surface area contributed by atoms with Crippen LogP contribution in [0, 0.1) is 11.8 Å². The average Bonchev–Trinajstić information content (AvgIpc) is 3.68. The van der Waals surface area contributed by atoms with Gasteiger partial charge in [0.15, 0.2) is 18.0 Å². The topological polar surface area (TPSA) is 192 Å². The highest BCUT2D eigenvalue weighted by Gasteiger charge is 2.59. The van der Waals surface area contributed by atoms with Gasteiger partial charge in [0, 0.05) is 0 Å². The fourth-order valence-corrected chi connectivity index (χ4v) is 8.13. The second-order valence-electron chi connectivity index (χ2n) is 16.2. The third kappa shape index (κ3) is 9.86. The molecular formula is C39H56N5O10P. The number of esters is 3. The van der Waals surface area contributed by atoms with Crippen molar-refractivity contribution in [3.05, 3.63) is 54.0 Å². The van der Waals surface area contributed by atoms with E-state index in [4.69, 9.17) is 33.7 Å². The Bertz CT molecular complexity index is 1870. The zero-order valence-corrected chi connectivity index (χ0v) is 34.2. The van der Waals surface area contributed by atoms with Crippen molar-refractivity contribution in [1.29, 1.82) is 0 Å². The molecule has 55 heavy (non-hydrogen) atoms. The molecule has 1 aliphatic heterocycles. The third-order valence-corrected chi connectivity index (χ3v) is 11.6. The summed E-state index contributed by atoms with van der Waals surface area (Å²) in [6.07, 6.45) is 1.94. The number of hydrogen-bond acceptors (Lipinski definition) is 13. The molecule has 1 aliphatic carbocycles. The number of ether oxygens (including phenoxy) is 4. The number of nitrogens with two attached hydrogens (primary N) is 1. The predicted molar refractivity (Wildman–Crippen MR) is 204 cm³/mol. The van der Waals surface area contributed by atoms with Crippen LogP contribution in [0.2, 0.25) is 0 Å². The summed E-state index contributed by atoms with van der Waals surface area (Å²) in [6, 6.07) is 9.38. The average molecular weight is 786 g/mol. The second-order valence-corrected chi connectivity index (χ2v) is 17.9. The Labute approximate surface area is 322 Å². The zero-order chi connectivity index (χ0) is 40.3. The van der Waals surface area contributed by atoms with E-state index in [1.165, 1.54) is 17.8 Å². The third-order valence-electron chi connectivity index (χ3n) is 9.93. The fourth-order valence-electron chi connectivity index (χ4n) is 6.62. The molecule has 2 aliphatic rings. The highest BCUT2D eigenvalue weighted by atomic mass is 31.2. The molecule has 0 amide bonds. The minimum atomic E-state index is -4.42. The van der Waals surface area contributed by atoms with Gasteiger partial charge in [-0.25, -0.2) is 14.1 Å². The lowest BCUT2D eigenvalue weighted by Gasteiger charge is -2.31. The summed E-state index contributed by atoms with van der Waals surface area (Å²) in [4.78, 5) is 43.8. The molecule has 2 fully saturated rings. The van der Waals surface area contributed by atoms with Crippen molar-refractivity contribution in [3.63, 3.8) is 0 Å².